The van der Waals surface area contributed by atoms with Crippen LogP contribution in [0, 0.1) is 11.8 Å². The molecule has 0 radical (unpaired) electrons. The third-order valence-electron chi connectivity index (χ3n) is 4.55. The second-order valence-corrected chi connectivity index (χ2v) is 5.91. The Balaban J connectivity index is 1.48. The number of carbonyl (C=O) groups is 3. The number of imide groups is 1. The molecule has 2 bridgehead atoms. The van der Waals surface area contributed by atoms with Gasteiger partial charge in [-0.05, 0) is 31.2 Å². The van der Waals surface area contributed by atoms with Crippen LogP contribution < -0.4 is 10.2 Å². The smallest absolute Gasteiger partial charge is 0.270 e. The van der Waals surface area contributed by atoms with Crippen molar-refractivity contribution in [2.24, 2.45) is 11.8 Å². The maximum Gasteiger partial charge on any atom is 0.270 e. The minimum Gasteiger partial charge on any atom is -0.494 e. The molecule has 4 rings (SSSR count). The molecule has 3 aliphatic rings. The molecule has 0 aliphatic carbocycles. The highest BCUT2D eigenvalue weighted by Crippen LogP contribution is 2.44. The van der Waals surface area contributed by atoms with Crippen LogP contribution in [0.4, 0.5) is 0 Å². The quantitative estimate of drug-likeness (QED) is 0.649. The van der Waals surface area contributed by atoms with Gasteiger partial charge in [-0.15, -0.1) is 0 Å². The molecule has 24 heavy (non-hydrogen) atoms. The summed E-state index contributed by atoms with van der Waals surface area (Å²) in [7, 11) is 0. The van der Waals surface area contributed by atoms with Gasteiger partial charge < -0.3 is 9.47 Å². The molecule has 4 atom stereocenters. The van der Waals surface area contributed by atoms with E-state index >= 15 is 0 Å². The Morgan fingerprint density at radius 1 is 1.12 bits per heavy atom. The van der Waals surface area contributed by atoms with Gasteiger partial charge in [-0.1, -0.05) is 12.2 Å². The third kappa shape index (κ3) is 2.12. The van der Waals surface area contributed by atoms with Gasteiger partial charge >= 0.3 is 0 Å². The fourth-order valence-electron chi connectivity index (χ4n) is 3.45. The molecule has 124 valence electrons. The standard InChI is InChI=1S/C17H16N2O5/c1-2-23-10-5-3-9(4-6-10)15(20)18-19-16(21)13-11-7-8-12(24-11)14(13)17(19)22/h3-8,11-14H,2H2,1H3,(H,18,20)/t11-,12+,13-,14-/m0/s1. The van der Waals surface area contributed by atoms with Crippen LogP contribution in [0.15, 0.2) is 36.4 Å². The van der Waals surface area contributed by atoms with Crippen molar-refractivity contribution in [1.29, 1.82) is 0 Å². The summed E-state index contributed by atoms with van der Waals surface area (Å²) in [5.74, 6) is -1.76. The van der Waals surface area contributed by atoms with E-state index < -0.39 is 29.6 Å². The summed E-state index contributed by atoms with van der Waals surface area (Å²) >= 11 is 0. The predicted octanol–water partition coefficient (Wildman–Crippen LogP) is 0.668. The molecule has 1 N–H and O–H groups in total. The average Bonchev–Trinajstić information content (AvgIpc) is 3.26. The number of rotatable bonds is 4. The first-order valence-corrected chi connectivity index (χ1v) is 7.85. The number of hydrazine groups is 1. The number of ether oxygens (including phenoxy) is 2. The molecule has 1 aromatic carbocycles. The number of hydrogen-bond donors (Lipinski definition) is 1. The highest BCUT2D eigenvalue weighted by atomic mass is 16.5. The largest absolute Gasteiger partial charge is 0.494 e. The van der Waals surface area contributed by atoms with Gasteiger partial charge in [0.15, 0.2) is 0 Å². The van der Waals surface area contributed by atoms with Gasteiger partial charge in [-0.2, -0.15) is 5.01 Å². The molecule has 2 fully saturated rings. The third-order valence-corrected chi connectivity index (χ3v) is 4.55. The minimum absolute atomic E-state index is 0.341. The van der Waals surface area contributed by atoms with Gasteiger partial charge in [0.2, 0.25) is 0 Å². The number of amides is 3. The number of nitrogens with one attached hydrogen (secondary N) is 1. The number of fused-ring (bicyclic) bond motifs is 5. The summed E-state index contributed by atoms with van der Waals surface area (Å²) in [4.78, 5) is 37.2. The van der Waals surface area contributed by atoms with Gasteiger partial charge in [0, 0.05) is 5.56 Å². The van der Waals surface area contributed by atoms with E-state index in [9.17, 15) is 14.4 Å². The molecule has 2 saturated heterocycles. The molecule has 7 nitrogen and oxygen atoms in total. The van der Waals surface area contributed by atoms with Crippen LogP contribution >= 0.6 is 0 Å². The van der Waals surface area contributed by atoms with Gasteiger partial charge in [0.25, 0.3) is 17.7 Å². The van der Waals surface area contributed by atoms with Crippen molar-refractivity contribution in [2.75, 3.05) is 6.61 Å². The van der Waals surface area contributed by atoms with Crippen LogP contribution in [-0.2, 0) is 14.3 Å². The van der Waals surface area contributed by atoms with E-state index in [4.69, 9.17) is 9.47 Å². The maximum atomic E-state index is 12.4. The van der Waals surface area contributed by atoms with Crippen LogP contribution in [0.25, 0.3) is 0 Å². The molecule has 0 saturated carbocycles. The Kier molecular flexibility index (Phi) is 3.38. The molecule has 0 aromatic heterocycles. The van der Waals surface area contributed by atoms with Crippen molar-refractivity contribution in [3.63, 3.8) is 0 Å². The van der Waals surface area contributed by atoms with Crippen molar-refractivity contribution in [1.82, 2.24) is 10.4 Å². The molecule has 0 unspecified atom stereocenters. The van der Waals surface area contributed by atoms with Gasteiger partial charge in [0.1, 0.15) is 5.75 Å². The van der Waals surface area contributed by atoms with Crippen LogP contribution in [0.1, 0.15) is 17.3 Å². The van der Waals surface area contributed by atoms with E-state index in [-0.39, 0.29) is 12.2 Å². The van der Waals surface area contributed by atoms with Crippen LogP contribution in [-0.4, -0.2) is 41.5 Å². The lowest BCUT2D eigenvalue weighted by atomic mass is 9.85. The molecular formula is C17H16N2O5. The number of carbonyl (C=O) groups excluding carboxylic acids is 3. The summed E-state index contributed by atoms with van der Waals surface area (Å²) < 4.78 is 10.9. The lowest BCUT2D eigenvalue weighted by molar-refractivity contribution is -0.145. The van der Waals surface area contributed by atoms with Crippen molar-refractivity contribution < 1.29 is 23.9 Å². The number of hydrogen-bond acceptors (Lipinski definition) is 5. The van der Waals surface area contributed by atoms with E-state index in [1.54, 1.807) is 36.4 Å². The van der Waals surface area contributed by atoms with Crippen molar-refractivity contribution >= 4 is 17.7 Å². The van der Waals surface area contributed by atoms with Gasteiger partial charge in [-0.3, -0.25) is 19.8 Å². The first-order valence-electron chi connectivity index (χ1n) is 7.85. The predicted molar refractivity (Wildman–Crippen MR) is 81.7 cm³/mol. The fourth-order valence-corrected chi connectivity index (χ4v) is 3.45. The number of nitrogens with zero attached hydrogens (tertiary/aromatic N) is 1. The van der Waals surface area contributed by atoms with E-state index in [1.807, 2.05) is 6.92 Å². The molecular weight excluding hydrogens is 312 g/mol. The topological polar surface area (TPSA) is 84.9 Å². The summed E-state index contributed by atoms with van der Waals surface area (Å²) in [6, 6.07) is 6.50. The Morgan fingerprint density at radius 3 is 2.25 bits per heavy atom. The zero-order valence-electron chi connectivity index (χ0n) is 13.0. The Labute approximate surface area is 138 Å². The zero-order chi connectivity index (χ0) is 16.8. The summed E-state index contributed by atoms with van der Waals surface area (Å²) in [5.41, 5.74) is 2.76. The first kappa shape index (κ1) is 14.9. The van der Waals surface area contributed by atoms with E-state index in [0.29, 0.717) is 17.9 Å². The van der Waals surface area contributed by atoms with Crippen LogP contribution in [0.3, 0.4) is 0 Å². The van der Waals surface area contributed by atoms with Gasteiger partial charge in [-0.25, -0.2) is 0 Å². The minimum atomic E-state index is -0.534. The SMILES string of the molecule is CCOc1ccc(C(=O)NN2C(=O)[C@@H]3[C@@H](C2=O)[C@H]2C=C[C@@H]3O2)cc1. The zero-order valence-corrected chi connectivity index (χ0v) is 13.0. The molecule has 3 amide bonds. The summed E-state index contributed by atoms with van der Waals surface area (Å²) in [6.07, 6.45) is 2.86. The average molecular weight is 328 g/mol. The maximum absolute atomic E-state index is 12.4. The molecule has 1 aromatic rings. The van der Waals surface area contributed by atoms with Crippen molar-refractivity contribution in [3.8, 4) is 5.75 Å². The lowest BCUT2D eigenvalue weighted by Gasteiger charge is -2.18. The van der Waals surface area contributed by atoms with Gasteiger partial charge in [0.05, 0.1) is 30.7 Å². The van der Waals surface area contributed by atoms with Crippen LogP contribution in [0.5, 0.6) is 5.75 Å². The van der Waals surface area contributed by atoms with E-state index in [1.165, 1.54) is 0 Å². The van der Waals surface area contributed by atoms with Crippen molar-refractivity contribution in [3.05, 3.63) is 42.0 Å². The number of benzene rings is 1. The summed E-state index contributed by atoms with van der Waals surface area (Å²) in [6.45, 7) is 2.40. The van der Waals surface area contributed by atoms with E-state index in [2.05, 4.69) is 5.43 Å². The Hall–Kier alpha value is -2.67. The monoisotopic (exact) mass is 328 g/mol. The highest BCUT2D eigenvalue weighted by Gasteiger charge is 2.61. The highest BCUT2D eigenvalue weighted by molar-refractivity contribution is 6.09. The molecule has 3 heterocycles. The second-order valence-electron chi connectivity index (χ2n) is 5.91. The molecule has 7 heteroatoms. The van der Waals surface area contributed by atoms with E-state index in [0.717, 1.165) is 5.01 Å². The normalized spacial score (nSPS) is 30.0. The second kappa shape index (κ2) is 5.45. The molecule has 0 spiro atoms. The Morgan fingerprint density at radius 2 is 1.71 bits per heavy atom. The summed E-state index contributed by atoms with van der Waals surface area (Å²) in [5, 5.41) is 0.837. The molecule has 3 aliphatic heterocycles. The lowest BCUT2D eigenvalue weighted by Crippen LogP contribution is -2.47. The van der Waals surface area contributed by atoms with Crippen molar-refractivity contribution in [2.45, 2.75) is 19.1 Å². The fraction of sp³-hybridized carbons (Fsp3) is 0.353. The first-order chi connectivity index (χ1) is 11.6. The van der Waals surface area contributed by atoms with Crippen LogP contribution in [0.2, 0.25) is 0 Å². The Bertz CT molecular complexity index is 712.